The van der Waals surface area contributed by atoms with Gasteiger partial charge in [0, 0.05) is 38.6 Å². The van der Waals surface area contributed by atoms with Crippen molar-refractivity contribution < 1.29 is 31.2 Å². The maximum absolute atomic E-state index is 12.8. The highest BCUT2D eigenvalue weighted by Gasteiger charge is 2.38. The van der Waals surface area contributed by atoms with E-state index in [4.69, 9.17) is 5.73 Å². The van der Waals surface area contributed by atoms with Crippen LogP contribution in [0.1, 0.15) is 12.0 Å². The summed E-state index contributed by atoms with van der Waals surface area (Å²) in [4.78, 5) is 26.2. The standard InChI is InChI=1S/C17H21F3N4O4S/c18-17(19,20)13-2-1-3-14(6-13)29(27,28)22-7-11-8-24(9-11)16(26)23-5-4-12(10-23)15(21)25/h1-3,6,11-12,22H,4-5,7-10H2,(H2,21,25)/t12-/m0/s1. The summed E-state index contributed by atoms with van der Waals surface area (Å²) >= 11 is 0. The molecular weight excluding hydrogens is 413 g/mol. The van der Waals surface area contributed by atoms with Crippen LogP contribution in [0, 0.1) is 11.8 Å². The van der Waals surface area contributed by atoms with Crippen LogP contribution >= 0.6 is 0 Å². The number of rotatable bonds is 5. The lowest BCUT2D eigenvalue weighted by Crippen LogP contribution is -2.57. The van der Waals surface area contributed by atoms with Gasteiger partial charge in [-0.2, -0.15) is 13.2 Å². The third kappa shape index (κ3) is 4.81. The molecule has 0 unspecified atom stereocenters. The van der Waals surface area contributed by atoms with Crippen molar-refractivity contribution in [2.45, 2.75) is 17.5 Å². The molecule has 29 heavy (non-hydrogen) atoms. The Labute approximate surface area is 165 Å². The van der Waals surface area contributed by atoms with Gasteiger partial charge in [-0.15, -0.1) is 0 Å². The number of hydrogen-bond donors (Lipinski definition) is 2. The minimum absolute atomic E-state index is 0.00622. The van der Waals surface area contributed by atoms with Crippen LogP contribution in [0.2, 0.25) is 0 Å². The van der Waals surface area contributed by atoms with Crippen LogP contribution in [-0.2, 0) is 21.0 Å². The summed E-state index contributed by atoms with van der Waals surface area (Å²) < 4.78 is 65.1. The molecule has 160 valence electrons. The molecule has 2 saturated heterocycles. The first-order valence-electron chi connectivity index (χ1n) is 8.97. The molecule has 12 heteroatoms. The number of sulfonamides is 1. The highest BCUT2D eigenvalue weighted by Crippen LogP contribution is 2.30. The first kappa shape index (κ1) is 21.4. The number of nitrogens with one attached hydrogen (secondary N) is 1. The number of hydrogen-bond acceptors (Lipinski definition) is 4. The Balaban J connectivity index is 1.50. The highest BCUT2D eigenvalue weighted by molar-refractivity contribution is 7.89. The molecule has 2 heterocycles. The monoisotopic (exact) mass is 434 g/mol. The third-order valence-electron chi connectivity index (χ3n) is 5.12. The minimum atomic E-state index is -4.64. The van der Waals surface area contributed by atoms with Gasteiger partial charge in [0.15, 0.2) is 0 Å². The molecule has 0 aromatic heterocycles. The van der Waals surface area contributed by atoms with Crippen molar-refractivity contribution in [1.82, 2.24) is 14.5 Å². The fourth-order valence-electron chi connectivity index (χ4n) is 3.37. The van der Waals surface area contributed by atoms with Gasteiger partial charge in [0.1, 0.15) is 0 Å². The predicted molar refractivity (Wildman–Crippen MR) is 96.0 cm³/mol. The number of nitrogens with two attached hydrogens (primary N) is 1. The van der Waals surface area contributed by atoms with Crippen molar-refractivity contribution in [3.05, 3.63) is 29.8 Å². The quantitative estimate of drug-likeness (QED) is 0.715. The van der Waals surface area contributed by atoms with E-state index in [-0.39, 0.29) is 31.0 Å². The molecule has 0 spiro atoms. The number of amides is 3. The van der Waals surface area contributed by atoms with Crippen LogP contribution in [0.3, 0.4) is 0 Å². The number of nitrogens with zero attached hydrogens (tertiary/aromatic N) is 2. The smallest absolute Gasteiger partial charge is 0.369 e. The zero-order chi connectivity index (χ0) is 21.4. The van der Waals surface area contributed by atoms with Crippen LogP contribution in [0.5, 0.6) is 0 Å². The molecule has 0 radical (unpaired) electrons. The number of carbonyl (C=O) groups excluding carboxylic acids is 2. The Bertz CT molecular complexity index is 900. The zero-order valence-corrected chi connectivity index (χ0v) is 16.2. The van der Waals surface area contributed by atoms with Gasteiger partial charge in [0.2, 0.25) is 15.9 Å². The van der Waals surface area contributed by atoms with E-state index < -0.39 is 32.6 Å². The average molecular weight is 434 g/mol. The van der Waals surface area contributed by atoms with E-state index in [9.17, 15) is 31.2 Å². The highest BCUT2D eigenvalue weighted by atomic mass is 32.2. The summed E-state index contributed by atoms with van der Waals surface area (Å²) in [5.74, 6) is -0.935. The molecule has 8 nitrogen and oxygen atoms in total. The molecule has 3 rings (SSSR count). The van der Waals surface area contributed by atoms with Crippen LogP contribution in [0.4, 0.5) is 18.0 Å². The van der Waals surface area contributed by atoms with Crippen LogP contribution in [0.15, 0.2) is 29.2 Å². The number of primary amides is 1. The van der Waals surface area contributed by atoms with Gasteiger partial charge in [-0.3, -0.25) is 4.79 Å². The Hall–Kier alpha value is -2.34. The SMILES string of the molecule is NC(=O)[C@H]1CCN(C(=O)N2CC(CNS(=O)(=O)c3cccc(C(F)(F)F)c3)C2)C1. The molecule has 0 aliphatic carbocycles. The van der Waals surface area contributed by atoms with Crippen molar-refractivity contribution in [2.24, 2.45) is 17.6 Å². The maximum atomic E-state index is 12.8. The molecule has 3 amide bonds. The van der Waals surface area contributed by atoms with E-state index in [2.05, 4.69) is 4.72 Å². The van der Waals surface area contributed by atoms with Crippen LogP contribution < -0.4 is 10.5 Å². The molecular formula is C17H21F3N4O4S. The summed E-state index contributed by atoms with van der Waals surface area (Å²) in [6, 6.07) is 3.29. The van der Waals surface area contributed by atoms with Crippen molar-refractivity contribution in [3.63, 3.8) is 0 Å². The summed E-state index contributed by atoms with van der Waals surface area (Å²) in [5.41, 5.74) is 4.21. The minimum Gasteiger partial charge on any atom is -0.369 e. The lowest BCUT2D eigenvalue weighted by atomic mass is 10.0. The summed E-state index contributed by atoms with van der Waals surface area (Å²) in [6.07, 6.45) is -4.11. The number of halogens is 3. The average Bonchev–Trinajstić information content (AvgIpc) is 3.10. The number of alkyl halides is 3. The third-order valence-corrected chi connectivity index (χ3v) is 6.54. The topological polar surface area (TPSA) is 113 Å². The van der Waals surface area contributed by atoms with Gasteiger partial charge in [0.05, 0.1) is 16.4 Å². The second kappa shape index (κ2) is 7.82. The summed E-state index contributed by atoms with van der Waals surface area (Å²) in [7, 11) is -4.10. The molecule has 1 atom stereocenters. The largest absolute Gasteiger partial charge is 0.416 e. The van der Waals surface area contributed by atoms with Crippen LogP contribution in [0.25, 0.3) is 0 Å². The zero-order valence-electron chi connectivity index (χ0n) is 15.4. The van der Waals surface area contributed by atoms with Crippen molar-refractivity contribution >= 4 is 22.0 Å². The van der Waals surface area contributed by atoms with E-state index in [1.54, 1.807) is 4.90 Å². The predicted octanol–water partition coefficient (Wildman–Crippen LogP) is 0.843. The van der Waals surface area contributed by atoms with Gasteiger partial charge < -0.3 is 15.5 Å². The second-order valence-electron chi connectivity index (χ2n) is 7.27. The number of benzene rings is 1. The van der Waals surface area contributed by atoms with Gasteiger partial charge in [-0.05, 0) is 24.6 Å². The van der Waals surface area contributed by atoms with E-state index in [0.29, 0.717) is 32.1 Å². The van der Waals surface area contributed by atoms with E-state index >= 15 is 0 Å². The van der Waals surface area contributed by atoms with E-state index in [1.165, 1.54) is 4.90 Å². The molecule has 1 aromatic carbocycles. The molecule has 2 aliphatic rings. The molecule has 2 fully saturated rings. The van der Waals surface area contributed by atoms with E-state index in [0.717, 1.165) is 18.2 Å². The van der Waals surface area contributed by atoms with Crippen LogP contribution in [-0.4, -0.2) is 62.9 Å². The van der Waals surface area contributed by atoms with Gasteiger partial charge in [0.25, 0.3) is 0 Å². The number of likely N-dealkylation sites (tertiary alicyclic amines) is 2. The molecule has 1 aromatic rings. The van der Waals surface area contributed by atoms with Gasteiger partial charge in [-0.25, -0.2) is 17.9 Å². The Kier molecular flexibility index (Phi) is 5.77. The number of urea groups is 1. The summed E-state index contributed by atoms with van der Waals surface area (Å²) in [5, 5.41) is 0. The fourth-order valence-corrected chi connectivity index (χ4v) is 4.53. The first-order chi connectivity index (χ1) is 13.5. The van der Waals surface area contributed by atoms with Crippen molar-refractivity contribution in [3.8, 4) is 0 Å². The Morgan fingerprint density at radius 3 is 2.45 bits per heavy atom. The normalized spacial score (nSPS) is 20.6. The fraction of sp³-hybridized carbons (Fsp3) is 0.529. The van der Waals surface area contributed by atoms with Crippen molar-refractivity contribution in [2.75, 3.05) is 32.7 Å². The Morgan fingerprint density at radius 1 is 1.17 bits per heavy atom. The second-order valence-corrected chi connectivity index (χ2v) is 9.03. The maximum Gasteiger partial charge on any atom is 0.416 e. The molecule has 0 saturated carbocycles. The molecule has 2 aliphatic heterocycles. The van der Waals surface area contributed by atoms with Gasteiger partial charge >= 0.3 is 12.2 Å². The van der Waals surface area contributed by atoms with Crippen molar-refractivity contribution in [1.29, 1.82) is 0 Å². The number of carbonyl (C=O) groups is 2. The first-order valence-corrected chi connectivity index (χ1v) is 10.5. The van der Waals surface area contributed by atoms with Gasteiger partial charge in [-0.1, -0.05) is 6.07 Å². The lowest BCUT2D eigenvalue weighted by molar-refractivity contribution is -0.137. The lowest BCUT2D eigenvalue weighted by Gasteiger charge is -2.41. The van der Waals surface area contributed by atoms with E-state index in [1.807, 2.05) is 0 Å². The molecule has 0 bridgehead atoms. The Morgan fingerprint density at radius 2 is 1.86 bits per heavy atom. The summed E-state index contributed by atoms with van der Waals surface area (Å²) in [6.45, 7) is 1.36. The molecule has 3 N–H and O–H groups in total.